The molecule has 8 heteroatoms. The Morgan fingerprint density at radius 3 is 1.60 bits per heavy atom. The van der Waals surface area contributed by atoms with E-state index >= 15 is 0 Å². The number of nitrogens with one attached hydrogen (secondary N) is 4. The Bertz CT molecular complexity index is 689. The lowest BCUT2D eigenvalue weighted by Crippen LogP contribution is -2.68. The number of amides is 4. The van der Waals surface area contributed by atoms with Crippen LogP contribution in [0, 0.1) is 5.92 Å². The largest absolute Gasteiger partial charge is 0.458 e. The molecule has 0 bridgehead atoms. The third-order valence-electron chi connectivity index (χ3n) is 7.75. The minimum absolute atomic E-state index is 0.130. The molecule has 4 amide bonds. The Kier molecular flexibility index (Phi) is 10.7. The zero-order valence-electron chi connectivity index (χ0n) is 21.6. The molecule has 0 atom stereocenters. The van der Waals surface area contributed by atoms with Gasteiger partial charge in [-0.25, -0.2) is 14.4 Å². The fourth-order valence-corrected chi connectivity index (χ4v) is 5.83. The smallest absolute Gasteiger partial charge is 0.333 e. The Morgan fingerprint density at radius 2 is 1.17 bits per heavy atom. The van der Waals surface area contributed by atoms with Crippen molar-refractivity contribution >= 4 is 18.0 Å². The predicted molar refractivity (Wildman–Crippen MR) is 137 cm³/mol. The van der Waals surface area contributed by atoms with Crippen LogP contribution in [-0.4, -0.2) is 42.4 Å². The molecule has 0 saturated heterocycles. The number of carbonyl (C=O) groups excluding carboxylic acids is 3. The van der Waals surface area contributed by atoms with E-state index in [4.69, 9.17) is 4.74 Å². The Morgan fingerprint density at radius 1 is 0.743 bits per heavy atom. The van der Waals surface area contributed by atoms with Crippen LogP contribution < -0.4 is 21.3 Å². The van der Waals surface area contributed by atoms with Crippen LogP contribution in [0.1, 0.15) is 110 Å². The lowest BCUT2D eigenvalue weighted by atomic mass is 9.82. The first kappa shape index (κ1) is 27.3. The van der Waals surface area contributed by atoms with Crippen molar-refractivity contribution in [3.63, 3.8) is 0 Å². The van der Waals surface area contributed by atoms with Crippen molar-refractivity contribution in [1.82, 2.24) is 21.3 Å². The molecule has 0 radical (unpaired) electrons. The van der Waals surface area contributed by atoms with Crippen molar-refractivity contribution in [3.05, 3.63) is 12.2 Å². The average Bonchev–Trinajstić information content (AvgIpc) is 2.84. The van der Waals surface area contributed by atoms with Crippen LogP contribution in [0.2, 0.25) is 0 Å². The van der Waals surface area contributed by atoms with Gasteiger partial charge in [-0.15, -0.1) is 0 Å². The third kappa shape index (κ3) is 9.37. The van der Waals surface area contributed by atoms with E-state index in [0.29, 0.717) is 12.3 Å². The van der Waals surface area contributed by atoms with Gasteiger partial charge in [0.2, 0.25) is 0 Å². The van der Waals surface area contributed by atoms with Gasteiger partial charge in [0.15, 0.2) is 5.66 Å². The molecule has 3 fully saturated rings. The molecule has 0 unspecified atom stereocenters. The van der Waals surface area contributed by atoms with Crippen molar-refractivity contribution < 1.29 is 19.1 Å². The van der Waals surface area contributed by atoms with Gasteiger partial charge in [-0.2, -0.15) is 0 Å². The standard InChI is InChI=1S/C27H46N4O4/c1-20(2)24(32)35-19-27(18-21-12-6-3-7-13-21,30-25(33)28-22-14-8-4-9-15-22)31-26(34)29-23-16-10-5-11-17-23/h21-23H,1,3-19H2,2H3,(H2,28,30,33)(H2,29,31,34). The molecule has 3 rings (SSSR count). The van der Waals surface area contributed by atoms with E-state index in [2.05, 4.69) is 27.8 Å². The molecule has 3 aliphatic carbocycles. The summed E-state index contributed by atoms with van der Waals surface area (Å²) in [5.74, 6) is -0.195. The highest BCUT2D eigenvalue weighted by Crippen LogP contribution is 2.30. The van der Waals surface area contributed by atoms with E-state index in [9.17, 15) is 14.4 Å². The molecule has 198 valence electrons. The molecule has 0 aromatic carbocycles. The first-order valence-electron chi connectivity index (χ1n) is 13.9. The highest BCUT2D eigenvalue weighted by molar-refractivity contribution is 5.87. The maximum atomic E-state index is 13.2. The van der Waals surface area contributed by atoms with Crippen LogP contribution in [0.15, 0.2) is 12.2 Å². The highest BCUT2D eigenvalue weighted by Gasteiger charge is 2.39. The monoisotopic (exact) mass is 490 g/mol. The second kappa shape index (κ2) is 13.7. The fourth-order valence-electron chi connectivity index (χ4n) is 5.83. The van der Waals surface area contributed by atoms with Gasteiger partial charge in [-0.3, -0.25) is 0 Å². The molecular formula is C27H46N4O4. The number of ether oxygens (including phenoxy) is 1. The second-order valence-electron chi connectivity index (χ2n) is 11.0. The summed E-state index contributed by atoms with van der Waals surface area (Å²) in [6.07, 6.45) is 16.7. The van der Waals surface area contributed by atoms with E-state index < -0.39 is 11.6 Å². The normalized spacial score (nSPS) is 20.5. The summed E-state index contributed by atoms with van der Waals surface area (Å²) in [6.45, 7) is 5.14. The van der Waals surface area contributed by atoms with Crippen LogP contribution in [0.3, 0.4) is 0 Å². The van der Waals surface area contributed by atoms with Crippen LogP contribution in [0.4, 0.5) is 9.59 Å². The molecular weight excluding hydrogens is 444 g/mol. The van der Waals surface area contributed by atoms with Gasteiger partial charge in [-0.05, 0) is 44.9 Å². The van der Waals surface area contributed by atoms with E-state index in [1.807, 2.05) is 0 Å². The van der Waals surface area contributed by atoms with Gasteiger partial charge < -0.3 is 26.0 Å². The fraction of sp³-hybridized carbons (Fsp3) is 0.815. The number of rotatable bonds is 9. The van der Waals surface area contributed by atoms with Gasteiger partial charge >= 0.3 is 18.0 Å². The predicted octanol–water partition coefficient (Wildman–Crippen LogP) is 5.04. The zero-order chi connectivity index (χ0) is 25.1. The third-order valence-corrected chi connectivity index (χ3v) is 7.75. The van der Waals surface area contributed by atoms with E-state index in [0.717, 1.165) is 77.0 Å². The highest BCUT2D eigenvalue weighted by atomic mass is 16.5. The number of esters is 1. The molecule has 4 N–H and O–H groups in total. The topological polar surface area (TPSA) is 109 Å². The summed E-state index contributed by atoms with van der Waals surface area (Å²) in [7, 11) is 0. The summed E-state index contributed by atoms with van der Waals surface area (Å²) < 4.78 is 5.57. The molecule has 8 nitrogen and oxygen atoms in total. The summed E-state index contributed by atoms with van der Waals surface area (Å²) in [4.78, 5) is 38.6. The number of carbonyl (C=O) groups is 3. The van der Waals surface area contributed by atoms with E-state index in [-0.39, 0.29) is 36.3 Å². The minimum Gasteiger partial charge on any atom is -0.458 e. The summed E-state index contributed by atoms with van der Waals surface area (Å²) in [6, 6.07) is -0.385. The Hall–Kier alpha value is -2.25. The van der Waals surface area contributed by atoms with E-state index in [1.165, 1.54) is 19.3 Å². The lowest BCUT2D eigenvalue weighted by molar-refractivity contribution is -0.141. The maximum Gasteiger partial charge on any atom is 0.333 e. The van der Waals surface area contributed by atoms with Gasteiger partial charge in [0.05, 0.1) is 0 Å². The average molecular weight is 491 g/mol. The van der Waals surface area contributed by atoms with Gasteiger partial charge in [0.1, 0.15) is 6.61 Å². The quantitative estimate of drug-likeness (QED) is 0.206. The van der Waals surface area contributed by atoms with Crippen LogP contribution in [0.25, 0.3) is 0 Å². The van der Waals surface area contributed by atoms with Crippen molar-refractivity contribution in [1.29, 1.82) is 0 Å². The minimum atomic E-state index is -1.19. The first-order chi connectivity index (χ1) is 16.8. The molecule has 35 heavy (non-hydrogen) atoms. The van der Waals surface area contributed by atoms with Crippen molar-refractivity contribution in [2.24, 2.45) is 5.92 Å². The van der Waals surface area contributed by atoms with Crippen molar-refractivity contribution in [2.75, 3.05) is 6.61 Å². The number of urea groups is 2. The first-order valence-corrected chi connectivity index (χ1v) is 13.9. The summed E-state index contributed by atoms with van der Waals surface area (Å²) >= 11 is 0. The second-order valence-corrected chi connectivity index (χ2v) is 11.0. The molecule has 0 aromatic rings. The number of hydrogen-bond acceptors (Lipinski definition) is 4. The molecule has 0 aliphatic heterocycles. The zero-order valence-corrected chi connectivity index (χ0v) is 21.6. The van der Waals surface area contributed by atoms with Crippen LogP contribution in [-0.2, 0) is 9.53 Å². The molecule has 0 spiro atoms. The van der Waals surface area contributed by atoms with Crippen molar-refractivity contribution in [3.8, 4) is 0 Å². The van der Waals surface area contributed by atoms with Crippen LogP contribution in [0.5, 0.6) is 0 Å². The van der Waals surface area contributed by atoms with Crippen LogP contribution >= 0.6 is 0 Å². The Labute approximate surface area is 210 Å². The Balaban J connectivity index is 1.76. The maximum absolute atomic E-state index is 13.2. The summed E-state index contributed by atoms with van der Waals surface area (Å²) in [5.41, 5.74) is -0.903. The molecule has 0 heterocycles. The lowest BCUT2D eigenvalue weighted by Gasteiger charge is -2.39. The van der Waals surface area contributed by atoms with E-state index in [1.54, 1.807) is 6.92 Å². The van der Waals surface area contributed by atoms with Gasteiger partial charge in [-0.1, -0.05) is 77.2 Å². The van der Waals surface area contributed by atoms with Gasteiger partial charge in [0.25, 0.3) is 0 Å². The van der Waals surface area contributed by atoms with Crippen molar-refractivity contribution in [2.45, 2.75) is 127 Å². The molecule has 3 aliphatic rings. The SMILES string of the molecule is C=C(C)C(=O)OCC(CC1CCCCC1)(NC(=O)NC1CCCCC1)NC(=O)NC1CCCCC1. The number of hydrogen-bond donors (Lipinski definition) is 4. The molecule has 0 aromatic heterocycles. The molecule has 3 saturated carbocycles. The van der Waals surface area contributed by atoms with Gasteiger partial charge in [0, 0.05) is 17.7 Å². The summed E-state index contributed by atoms with van der Waals surface area (Å²) in [5, 5.41) is 12.3.